The molecule has 19 heavy (non-hydrogen) atoms. The highest BCUT2D eigenvalue weighted by molar-refractivity contribution is 9.09. The van der Waals surface area contributed by atoms with E-state index in [9.17, 15) is 4.79 Å². The summed E-state index contributed by atoms with van der Waals surface area (Å²) in [5.74, 6) is 0.810. The number of benzene rings is 1. The number of hydrogen-bond donors (Lipinski definition) is 0. The van der Waals surface area contributed by atoms with Crippen LogP contribution in [0.2, 0.25) is 0 Å². The van der Waals surface area contributed by atoms with Gasteiger partial charge < -0.3 is 4.90 Å². The Morgan fingerprint density at radius 1 is 1.42 bits per heavy atom. The van der Waals surface area contributed by atoms with Crippen molar-refractivity contribution in [3.63, 3.8) is 0 Å². The van der Waals surface area contributed by atoms with Crippen LogP contribution in [0.15, 0.2) is 18.2 Å². The van der Waals surface area contributed by atoms with Gasteiger partial charge in [-0.25, -0.2) is 0 Å². The number of rotatable bonds is 5. The lowest BCUT2D eigenvalue weighted by Crippen LogP contribution is -2.20. The molecule has 2 atom stereocenters. The molecule has 104 valence electrons. The highest BCUT2D eigenvalue weighted by atomic mass is 79.9. The molecule has 0 saturated carbocycles. The summed E-state index contributed by atoms with van der Waals surface area (Å²) in [6, 6.07) is 6.42. The van der Waals surface area contributed by atoms with Gasteiger partial charge in [0.25, 0.3) is 0 Å². The lowest BCUT2D eigenvalue weighted by molar-refractivity contribution is -0.117. The van der Waals surface area contributed by atoms with Gasteiger partial charge in [-0.2, -0.15) is 0 Å². The van der Waals surface area contributed by atoms with Crippen LogP contribution >= 0.6 is 15.9 Å². The molecule has 2 nitrogen and oxygen atoms in total. The first-order valence-electron chi connectivity index (χ1n) is 7.08. The smallest absolute Gasteiger partial charge is 0.231 e. The molecule has 2 rings (SSSR count). The Morgan fingerprint density at radius 2 is 2.16 bits per heavy atom. The molecule has 2 unspecified atom stereocenters. The van der Waals surface area contributed by atoms with E-state index in [0.717, 1.165) is 11.3 Å². The summed E-state index contributed by atoms with van der Waals surface area (Å²) in [6.07, 6.45) is 4.30. The van der Waals surface area contributed by atoms with Crippen molar-refractivity contribution in [3.8, 4) is 0 Å². The summed E-state index contributed by atoms with van der Waals surface area (Å²) in [5, 5.41) is 0. The van der Waals surface area contributed by atoms with Crippen LogP contribution in [0, 0.1) is 5.92 Å². The van der Waals surface area contributed by atoms with E-state index in [2.05, 4.69) is 48.0 Å². The molecule has 1 heterocycles. The second-order valence-corrected chi connectivity index (χ2v) is 6.53. The van der Waals surface area contributed by atoms with Crippen molar-refractivity contribution in [1.29, 1.82) is 0 Å². The van der Waals surface area contributed by atoms with Crippen molar-refractivity contribution < 1.29 is 4.79 Å². The molecule has 0 saturated heterocycles. The number of nitrogens with zero attached hydrogens (tertiary/aromatic N) is 1. The van der Waals surface area contributed by atoms with Crippen LogP contribution in [0.3, 0.4) is 0 Å². The van der Waals surface area contributed by atoms with E-state index in [1.54, 1.807) is 4.90 Å². The first kappa shape index (κ1) is 14.6. The number of unbranched alkanes of at least 4 members (excludes halogenated alkanes) is 1. The zero-order valence-electron chi connectivity index (χ0n) is 11.9. The summed E-state index contributed by atoms with van der Waals surface area (Å²) in [4.78, 5) is 13.8. The molecule has 0 radical (unpaired) electrons. The topological polar surface area (TPSA) is 20.3 Å². The lowest BCUT2D eigenvalue weighted by atomic mass is 9.94. The van der Waals surface area contributed by atoms with Crippen molar-refractivity contribution in [2.45, 2.75) is 44.4 Å². The van der Waals surface area contributed by atoms with Gasteiger partial charge in [-0.1, -0.05) is 54.8 Å². The highest BCUT2D eigenvalue weighted by Gasteiger charge is 2.25. The SMILES string of the molecule is CCCCC(C)C(Br)c1ccc2c(c1)CC(=O)N2C. The molecule has 0 N–H and O–H groups in total. The van der Waals surface area contributed by atoms with Gasteiger partial charge in [-0.15, -0.1) is 0 Å². The Kier molecular flexibility index (Phi) is 4.67. The number of carbonyl (C=O) groups is 1. The van der Waals surface area contributed by atoms with E-state index >= 15 is 0 Å². The largest absolute Gasteiger partial charge is 0.315 e. The maximum absolute atomic E-state index is 11.7. The van der Waals surface area contributed by atoms with Gasteiger partial charge in [0, 0.05) is 17.6 Å². The third-order valence-electron chi connectivity index (χ3n) is 4.01. The molecule has 0 bridgehead atoms. The molecule has 0 aromatic heterocycles. The number of carbonyl (C=O) groups excluding carboxylic acids is 1. The Hall–Kier alpha value is -0.830. The van der Waals surface area contributed by atoms with E-state index in [1.807, 2.05) is 7.05 Å². The number of fused-ring (bicyclic) bond motifs is 1. The summed E-state index contributed by atoms with van der Waals surface area (Å²) < 4.78 is 0. The maximum atomic E-state index is 11.7. The minimum Gasteiger partial charge on any atom is -0.315 e. The second kappa shape index (κ2) is 6.08. The van der Waals surface area contributed by atoms with Crippen molar-refractivity contribution in [3.05, 3.63) is 29.3 Å². The monoisotopic (exact) mass is 323 g/mol. The van der Waals surface area contributed by atoms with Crippen LogP contribution in [0.25, 0.3) is 0 Å². The van der Waals surface area contributed by atoms with Gasteiger partial charge in [0.1, 0.15) is 0 Å². The van der Waals surface area contributed by atoms with E-state index in [1.165, 1.54) is 24.8 Å². The molecule has 3 heteroatoms. The van der Waals surface area contributed by atoms with Gasteiger partial charge >= 0.3 is 0 Å². The second-order valence-electron chi connectivity index (χ2n) is 5.54. The Morgan fingerprint density at radius 3 is 2.84 bits per heavy atom. The average molecular weight is 324 g/mol. The molecule has 0 aliphatic carbocycles. The van der Waals surface area contributed by atoms with Crippen molar-refractivity contribution >= 4 is 27.5 Å². The third kappa shape index (κ3) is 3.02. The van der Waals surface area contributed by atoms with Crippen molar-refractivity contribution in [1.82, 2.24) is 0 Å². The molecule has 1 amide bonds. The Bertz CT molecular complexity index is 472. The summed E-state index contributed by atoms with van der Waals surface area (Å²) in [5.41, 5.74) is 3.53. The van der Waals surface area contributed by atoms with Crippen LogP contribution in [-0.2, 0) is 11.2 Å². The zero-order valence-corrected chi connectivity index (χ0v) is 13.5. The summed E-state index contributed by atoms with van der Waals surface area (Å²) >= 11 is 3.82. The zero-order chi connectivity index (χ0) is 14.0. The van der Waals surface area contributed by atoms with Crippen LogP contribution in [0.1, 0.15) is 49.1 Å². The van der Waals surface area contributed by atoms with E-state index < -0.39 is 0 Å². The fourth-order valence-electron chi connectivity index (χ4n) is 2.66. The highest BCUT2D eigenvalue weighted by Crippen LogP contribution is 2.37. The van der Waals surface area contributed by atoms with E-state index in [-0.39, 0.29) is 5.91 Å². The lowest BCUT2D eigenvalue weighted by Gasteiger charge is -2.19. The maximum Gasteiger partial charge on any atom is 0.231 e. The number of hydrogen-bond acceptors (Lipinski definition) is 1. The molecule has 1 aromatic rings. The molecule has 0 fully saturated rings. The predicted molar refractivity (Wildman–Crippen MR) is 83.9 cm³/mol. The standard InChI is InChI=1S/C16H22BrNO/c1-4-5-6-11(2)16(17)12-7-8-14-13(9-12)10-15(19)18(14)3/h7-9,11,16H,4-6,10H2,1-3H3. The first-order valence-corrected chi connectivity index (χ1v) is 7.99. The normalized spacial score (nSPS) is 17.5. The first-order chi connectivity index (χ1) is 9.04. The van der Waals surface area contributed by atoms with Crippen LogP contribution in [-0.4, -0.2) is 13.0 Å². The van der Waals surface area contributed by atoms with E-state index in [4.69, 9.17) is 0 Å². The van der Waals surface area contributed by atoms with Gasteiger partial charge in [-0.05, 0) is 29.5 Å². The molecule has 0 spiro atoms. The van der Waals surface area contributed by atoms with Gasteiger partial charge in [0.2, 0.25) is 5.91 Å². The minimum absolute atomic E-state index is 0.192. The Labute approximate surface area is 124 Å². The number of amides is 1. The van der Waals surface area contributed by atoms with Gasteiger partial charge in [-0.3, -0.25) is 4.79 Å². The Balaban J connectivity index is 2.15. The number of halogens is 1. The number of likely N-dealkylation sites (N-methyl/N-ethyl adjacent to an activating group) is 1. The predicted octanol–water partition coefficient (Wildman–Crippen LogP) is 4.47. The van der Waals surface area contributed by atoms with Gasteiger partial charge in [0.05, 0.1) is 6.42 Å². The van der Waals surface area contributed by atoms with Crippen LogP contribution in [0.4, 0.5) is 5.69 Å². The fourth-order valence-corrected chi connectivity index (χ4v) is 3.21. The van der Waals surface area contributed by atoms with Crippen LogP contribution < -0.4 is 4.90 Å². The van der Waals surface area contributed by atoms with E-state index in [0.29, 0.717) is 17.2 Å². The average Bonchev–Trinajstić information content (AvgIpc) is 2.70. The summed E-state index contributed by atoms with van der Waals surface area (Å²) in [7, 11) is 1.85. The van der Waals surface area contributed by atoms with Gasteiger partial charge in [0.15, 0.2) is 0 Å². The minimum atomic E-state index is 0.192. The number of alkyl halides is 1. The number of anilines is 1. The van der Waals surface area contributed by atoms with Crippen molar-refractivity contribution in [2.75, 3.05) is 11.9 Å². The molecular weight excluding hydrogens is 302 g/mol. The fraction of sp³-hybridized carbons (Fsp3) is 0.562. The quantitative estimate of drug-likeness (QED) is 0.732. The third-order valence-corrected chi connectivity index (χ3v) is 5.44. The molecule has 1 aromatic carbocycles. The molecule has 1 aliphatic heterocycles. The molecule has 1 aliphatic rings. The van der Waals surface area contributed by atoms with Crippen LogP contribution in [0.5, 0.6) is 0 Å². The molecular formula is C16H22BrNO. The summed E-state index contributed by atoms with van der Waals surface area (Å²) in [6.45, 7) is 4.52. The van der Waals surface area contributed by atoms with Crippen molar-refractivity contribution in [2.24, 2.45) is 5.92 Å².